The third-order valence-electron chi connectivity index (χ3n) is 3.30. The van der Waals surface area contributed by atoms with Crippen LogP contribution < -0.4 is 5.73 Å². The second kappa shape index (κ2) is 5.06. The largest absolute Gasteiger partial charge is 0.338 e. The maximum Gasteiger partial charge on any atom is 0.222 e. The number of rotatable bonds is 3. The SMILES string of the molecule is CC(C)(N)CCC(=O)N1CCc2ncccc2C1. The Balaban J connectivity index is 1.95. The van der Waals surface area contributed by atoms with E-state index in [1.54, 1.807) is 0 Å². The average Bonchev–Trinajstić information content (AvgIpc) is 2.34. The fraction of sp³-hybridized carbons (Fsp3) is 0.571. The van der Waals surface area contributed by atoms with E-state index < -0.39 is 0 Å². The zero-order valence-electron chi connectivity index (χ0n) is 11.1. The van der Waals surface area contributed by atoms with Gasteiger partial charge in [0.25, 0.3) is 0 Å². The van der Waals surface area contributed by atoms with Crippen LogP contribution in [-0.4, -0.2) is 27.9 Å². The number of nitrogens with two attached hydrogens (primary N) is 1. The van der Waals surface area contributed by atoms with Crippen LogP contribution >= 0.6 is 0 Å². The molecule has 2 rings (SSSR count). The van der Waals surface area contributed by atoms with E-state index >= 15 is 0 Å². The molecule has 1 aromatic heterocycles. The number of hydrogen-bond acceptors (Lipinski definition) is 3. The Morgan fingerprint density at radius 2 is 2.33 bits per heavy atom. The Kier molecular flexibility index (Phi) is 3.66. The van der Waals surface area contributed by atoms with Crippen LogP contribution in [0.15, 0.2) is 18.3 Å². The smallest absolute Gasteiger partial charge is 0.222 e. The van der Waals surface area contributed by atoms with Gasteiger partial charge in [0, 0.05) is 43.4 Å². The number of carbonyl (C=O) groups is 1. The molecule has 0 saturated heterocycles. The van der Waals surface area contributed by atoms with Crippen molar-refractivity contribution < 1.29 is 4.79 Å². The summed E-state index contributed by atoms with van der Waals surface area (Å²) in [5, 5.41) is 0. The Hall–Kier alpha value is -1.42. The molecular weight excluding hydrogens is 226 g/mol. The summed E-state index contributed by atoms with van der Waals surface area (Å²) in [6.45, 7) is 5.37. The normalized spacial score (nSPS) is 15.4. The van der Waals surface area contributed by atoms with Gasteiger partial charge in [0.1, 0.15) is 0 Å². The maximum atomic E-state index is 12.1. The van der Waals surface area contributed by atoms with Gasteiger partial charge in [-0.25, -0.2) is 0 Å². The molecule has 1 aromatic rings. The molecule has 4 nitrogen and oxygen atoms in total. The standard InChI is InChI=1S/C14H21N3O/c1-14(2,15)7-5-13(18)17-9-6-12-11(10-17)4-3-8-16-12/h3-4,8H,5-7,9-10,15H2,1-2H3. The molecule has 0 aromatic carbocycles. The summed E-state index contributed by atoms with van der Waals surface area (Å²) in [6.07, 6.45) is 3.92. The highest BCUT2D eigenvalue weighted by molar-refractivity contribution is 5.76. The minimum atomic E-state index is -0.273. The molecule has 0 unspecified atom stereocenters. The van der Waals surface area contributed by atoms with E-state index in [1.807, 2.05) is 31.0 Å². The Labute approximate surface area is 108 Å². The van der Waals surface area contributed by atoms with E-state index in [0.717, 1.165) is 25.1 Å². The van der Waals surface area contributed by atoms with Gasteiger partial charge >= 0.3 is 0 Å². The van der Waals surface area contributed by atoms with Gasteiger partial charge in [-0.3, -0.25) is 9.78 Å². The number of carbonyl (C=O) groups excluding carboxylic acids is 1. The van der Waals surface area contributed by atoms with Crippen LogP contribution in [0.25, 0.3) is 0 Å². The van der Waals surface area contributed by atoms with Crippen LogP contribution in [0.3, 0.4) is 0 Å². The van der Waals surface area contributed by atoms with Gasteiger partial charge in [0.2, 0.25) is 5.91 Å². The van der Waals surface area contributed by atoms with Crippen molar-refractivity contribution in [2.24, 2.45) is 5.73 Å². The summed E-state index contributed by atoms with van der Waals surface area (Å²) in [6, 6.07) is 3.98. The van der Waals surface area contributed by atoms with Crippen molar-refractivity contribution in [3.05, 3.63) is 29.6 Å². The first-order valence-electron chi connectivity index (χ1n) is 6.45. The first kappa shape index (κ1) is 13.0. The summed E-state index contributed by atoms with van der Waals surface area (Å²) in [4.78, 5) is 18.4. The predicted molar refractivity (Wildman–Crippen MR) is 70.9 cm³/mol. The molecular formula is C14H21N3O. The highest BCUT2D eigenvalue weighted by atomic mass is 16.2. The average molecular weight is 247 g/mol. The molecule has 0 saturated carbocycles. The monoisotopic (exact) mass is 247 g/mol. The van der Waals surface area contributed by atoms with Gasteiger partial charge in [-0.2, -0.15) is 0 Å². The fourth-order valence-corrected chi connectivity index (χ4v) is 2.17. The van der Waals surface area contributed by atoms with E-state index in [9.17, 15) is 4.79 Å². The second-order valence-electron chi connectivity index (χ2n) is 5.66. The molecule has 0 spiro atoms. The first-order valence-corrected chi connectivity index (χ1v) is 6.45. The van der Waals surface area contributed by atoms with Gasteiger partial charge in [-0.05, 0) is 31.9 Å². The van der Waals surface area contributed by atoms with Crippen LogP contribution in [0.1, 0.15) is 37.9 Å². The number of nitrogens with zero attached hydrogens (tertiary/aromatic N) is 2. The lowest BCUT2D eigenvalue weighted by atomic mass is 9.99. The second-order valence-corrected chi connectivity index (χ2v) is 5.66. The van der Waals surface area contributed by atoms with Crippen LogP contribution in [0.5, 0.6) is 0 Å². The number of pyridine rings is 1. The lowest BCUT2D eigenvalue weighted by molar-refractivity contribution is -0.132. The van der Waals surface area contributed by atoms with E-state index in [-0.39, 0.29) is 11.4 Å². The molecule has 18 heavy (non-hydrogen) atoms. The number of aromatic nitrogens is 1. The molecule has 0 bridgehead atoms. The molecule has 0 fully saturated rings. The zero-order chi connectivity index (χ0) is 13.2. The third-order valence-corrected chi connectivity index (χ3v) is 3.30. The van der Waals surface area contributed by atoms with Crippen LogP contribution in [-0.2, 0) is 17.8 Å². The van der Waals surface area contributed by atoms with Crippen molar-refractivity contribution in [2.45, 2.75) is 45.2 Å². The topological polar surface area (TPSA) is 59.2 Å². The Morgan fingerprint density at radius 3 is 3.06 bits per heavy atom. The molecule has 1 aliphatic rings. The van der Waals surface area contributed by atoms with E-state index in [4.69, 9.17) is 5.73 Å². The summed E-state index contributed by atoms with van der Waals surface area (Å²) in [7, 11) is 0. The van der Waals surface area contributed by atoms with Gasteiger partial charge < -0.3 is 10.6 Å². The highest BCUT2D eigenvalue weighted by Gasteiger charge is 2.22. The Morgan fingerprint density at radius 1 is 1.56 bits per heavy atom. The summed E-state index contributed by atoms with van der Waals surface area (Å²) in [5.41, 5.74) is 7.93. The van der Waals surface area contributed by atoms with E-state index in [1.165, 1.54) is 5.56 Å². The maximum absolute atomic E-state index is 12.1. The van der Waals surface area contributed by atoms with Gasteiger partial charge in [0.15, 0.2) is 0 Å². The number of fused-ring (bicyclic) bond motifs is 1. The summed E-state index contributed by atoms with van der Waals surface area (Å²) >= 11 is 0. The quantitative estimate of drug-likeness (QED) is 0.880. The molecule has 2 heterocycles. The van der Waals surface area contributed by atoms with Crippen molar-refractivity contribution in [1.82, 2.24) is 9.88 Å². The third kappa shape index (κ3) is 3.29. The van der Waals surface area contributed by atoms with Crippen molar-refractivity contribution in [2.75, 3.05) is 6.54 Å². The lowest BCUT2D eigenvalue weighted by Crippen LogP contribution is -2.39. The van der Waals surface area contributed by atoms with Crippen LogP contribution in [0, 0.1) is 0 Å². The van der Waals surface area contributed by atoms with Crippen molar-refractivity contribution in [1.29, 1.82) is 0 Å². The lowest BCUT2D eigenvalue weighted by Gasteiger charge is -2.29. The molecule has 1 aliphatic heterocycles. The minimum Gasteiger partial charge on any atom is -0.338 e. The minimum absolute atomic E-state index is 0.197. The highest BCUT2D eigenvalue weighted by Crippen LogP contribution is 2.18. The van der Waals surface area contributed by atoms with Crippen LogP contribution in [0.4, 0.5) is 0 Å². The predicted octanol–water partition coefficient (Wildman–Crippen LogP) is 1.48. The van der Waals surface area contributed by atoms with Gasteiger partial charge in [-0.1, -0.05) is 6.07 Å². The molecule has 0 atom stereocenters. The molecule has 4 heteroatoms. The van der Waals surface area contributed by atoms with Gasteiger partial charge in [0.05, 0.1) is 0 Å². The fourth-order valence-electron chi connectivity index (χ4n) is 2.17. The molecule has 0 aliphatic carbocycles. The van der Waals surface area contributed by atoms with E-state index in [2.05, 4.69) is 11.1 Å². The van der Waals surface area contributed by atoms with Crippen molar-refractivity contribution in [3.8, 4) is 0 Å². The molecule has 0 radical (unpaired) electrons. The molecule has 98 valence electrons. The Bertz CT molecular complexity index is 437. The molecule has 2 N–H and O–H groups in total. The number of amides is 1. The van der Waals surface area contributed by atoms with Crippen molar-refractivity contribution >= 4 is 5.91 Å². The summed E-state index contributed by atoms with van der Waals surface area (Å²) < 4.78 is 0. The summed E-state index contributed by atoms with van der Waals surface area (Å²) in [5.74, 6) is 0.197. The van der Waals surface area contributed by atoms with E-state index in [0.29, 0.717) is 13.0 Å². The van der Waals surface area contributed by atoms with Crippen molar-refractivity contribution in [3.63, 3.8) is 0 Å². The first-order chi connectivity index (χ1) is 8.46. The number of hydrogen-bond donors (Lipinski definition) is 1. The van der Waals surface area contributed by atoms with Crippen LogP contribution in [0.2, 0.25) is 0 Å². The van der Waals surface area contributed by atoms with Gasteiger partial charge in [-0.15, -0.1) is 0 Å². The zero-order valence-corrected chi connectivity index (χ0v) is 11.1. The molecule has 1 amide bonds.